The molecule has 8 nitrogen and oxygen atoms in total. The lowest BCUT2D eigenvalue weighted by Crippen LogP contribution is -2.38. The molecule has 12 heavy (non-hydrogen) atoms. The molecule has 0 radical (unpaired) electrons. The van der Waals surface area contributed by atoms with Crippen LogP contribution in [0.3, 0.4) is 0 Å². The molecule has 70 valence electrons. The fourth-order valence-corrected chi connectivity index (χ4v) is 0.953. The summed E-state index contributed by atoms with van der Waals surface area (Å²) in [6.07, 6.45) is 0. The predicted molar refractivity (Wildman–Crippen MR) is 32.5 cm³/mol. The maximum Gasteiger partial charge on any atom is 0.396 e. The van der Waals surface area contributed by atoms with E-state index in [0.29, 0.717) is 0 Å². The summed E-state index contributed by atoms with van der Waals surface area (Å²) < 4.78 is 34.0. The lowest BCUT2D eigenvalue weighted by molar-refractivity contribution is -0.487. The second-order valence-electron chi connectivity index (χ2n) is 1.65. The Bertz CT molecular complexity index is 292. The van der Waals surface area contributed by atoms with Crippen molar-refractivity contribution in [3.63, 3.8) is 0 Å². The minimum Gasteiger partial charge on any atom is -0.742 e. The molecule has 0 N–H and O–H groups in total. The molecule has 0 aromatic carbocycles. The molecule has 0 heterocycles. The monoisotopic (exact) mass is 198 g/mol. The third-order valence-electron chi connectivity index (χ3n) is 0.868. The van der Waals surface area contributed by atoms with Crippen LogP contribution in [0.4, 0.5) is 0 Å². The maximum absolute atomic E-state index is 10.4. The molecule has 0 unspecified atom stereocenters. The molecule has 0 aromatic rings. The van der Waals surface area contributed by atoms with Crippen LogP contribution >= 0.6 is 0 Å². The summed E-state index contributed by atoms with van der Waals surface area (Å²) in [5.74, 6) is -1.70. The van der Waals surface area contributed by atoms with E-state index in [-0.39, 0.29) is 0 Å². The highest BCUT2D eigenvalue weighted by Gasteiger charge is 2.37. The van der Waals surface area contributed by atoms with E-state index < -0.39 is 26.4 Å². The average molecular weight is 198 g/mol. The first-order chi connectivity index (χ1) is 5.30. The fourth-order valence-electron chi connectivity index (χ4n) is 0.410. The van der Waals surface area contributed by atoms with Crippen LogP contribution in [0.2, 0.25) is 0 Å². The largest absolute Gasteiger partial charge is 0.742 e. The Balaban J connectivity index is 4.95. The van der Waals surface area contributed by atoms with Crippen molar-refractivity contribution in [1.29, 1.82) is 0 Å². The van der Waals surface area contributed by atoms with Gasteiger partial charge in [0.05, 0.1) is 12.0 Å². The van der Waals surface area contributed by atoms with E-state index in [0.717, 1.165) is 7.11 Å². The standard InChI is InChI=1S/C3H5NO7S/c1-11-3(5)2(4(6)7)12(8,9)10/h2H,1H3,(H,8,9,10)/p-1/t2-/m0/s1. The average Bonchev–Trinajstić information content (AvgIpc) is 1.83. The van der Waals surface area contributed by atoms with E-state index in [1.165, 1.54) is 0 Å². The Morgan fingerprint density at radius 3 is 2.08 bits per heavy atom. The SMILES string of the molecule is COC(=O)[C@@H]([N+](=O)[O-])S(=O)(=O)[O-]. The van der Waals surface area contributed by atoms with E-state index in [4.69, 9.17) is 0 Å². The van der Waals surface area contributed by atoms with Gasteiger partial charge in [-0.3, -0.25) is 10.1 Å². The molecule has 0 aromatic heterocycles. The van der Waals surface area contributed by atoms with E-state index >= 15 is 0 Å². The molecule has 0 bridgehead atoms. The molecule has 0 saturated carbocycles. The van der Waals surface area contributed by atoms with Crippen LogP contribution in [0.5, 0.6) is 0 Å². The third kappa shape index (κ3) is 2.43. The molecule has 0 saturated heterocycles. The Hall–Kier alpha value is -1.22. The number of methoxy groups -OCH3 is 1. The number of nitro groups is 1. The van der Waals surface area contributed by atoms with Gasteiger partial charge in [0.25, 0.3) is 0 Å². The Morgan fingerprint density at radius 2 is 2.00 bits per heavy atom. The lowest BCUT2D eigenvalue weighted by atomic mass is 10.7. The first-order valence-corrected chi connectivity index (χ1v) is 3.94. The molecule has 0 spiro atoms. The van der Waals surface area contributed by atoms with Gasteiger partial charge in [-0.05, 0) is 0 Å². The summed E-state index contributed by atoms with van der Waals surface area (Å²) in [7, 11) is -4.56. The van der Waals surface area contributed by atoms with Gasteiger partial charge in [-0.1, -0.05) is 0 Å². The van der Waals surface area contributed by atoms with Crippen LogP contribution in [0.25, 0.3) is 0 Å². The van der Waals surface area contributed by atoms with Crippen LogP contribution < -0.4 is 0 Å². The first kappa shape index (κ1) is 10.8. The van der Waals surface area contributed by atoms with Gasteiger partial charge in [-0.2, -0.15) is 0 Å². The van der Waals surface area contributed by atoms with Crippen molar-refractivity contribution in [3.8, 4) is 0 Å². The Labute approximate surface area is 67.0 Å². The van der Waals surface area contributed by atoms with Gasteiger partial charge in [-0.25, -0.2) is 13.2 Å². The van der Waals surface area contributed by atoms with Gasteiger partial charge in [-0.15, -0.1) is 0 Å². The number of carbonyl (C=O) groups is 1. The molecule has 0 aliphatic rings. The Morgan fingerprint density at radius 1 is 1.58 bits per heavy atom. The lowest BCUT2D eigenvalue weighted by Gasteiger charge is -2.09. The van der Waals surface area contributed by atoms with E-state index in [2.05, 4.69) is 4.74 Å². The summed E-state index contributed by atoms with van der Waals surface area (Å²) in [5.41, 5.74) is 0. The quantitative estimate of drug-likeness (QED) is 0.229. The van der Waals surface area contributed by atoms with Crippen molar-refractivity contribution >= 4 is 16.1 Å². The summed E-state index contributed by atoms with van der Waals surface area (Å²) in [5, 5.41) is 7.00. The molecular weight excluding hydrogens is 194 g/mol. The number of hydrogen-bond donors (Lipinski definition) is 0. The van der Waals surface area contributed by atoms with E-state index in [1.807, 2.05) is 0 Å². The highest BCUT2D eigenvalue weighted by molar-refractivity contribution is 7.86. The summed E-state index contributed by atoms with van der Waals surface area (Å²) in [6.45, 7) is 0. The van der Waals surface area contributed by atoms with Gasteiger partial charge in [0.1, 0.15) is 0 Å². The van der Waals surface area contributed by atoms with Crippen LogP contribution in [0, 0.1) is 10.1 Å². The molecule has 1 atom stereocenters. The summed E-state index contributed by atoms with van der Waals surface area (Å²) >= 11 is 0. The maximum atomic E-state index is 10.4. The number of rotatable bonds is 3. The number of carbonyl (C=O) groups excluding carboxylic acids is 1. The smallest absolute Gasteiger partial charge is 0.396 e. The van der Waals surface area contributed by atoms with Crippen molar-refractivity contribution in [3.05, 3.63) is 10.1 Å². The van der Waals surface area contributed by atoms with E-state index in [1.54, 1.807) is 0 Å². The van der Waals surface area contributed by atoms with Gasteiger partial charge < -0.3 is 9.29 Å². The zero-order chi connectivity index (χ0) is 9.94. The highest BCUT2D eigenvalue weighted by Crippen LogP contribution is 2.01. The predicted octanol–water partition coefficient (Wildman–Crippen LogP) is -1.69. The van der Waals surface area contributed by atoms with Crippen LogP contribution in [0.1, 0.15) is 0 Å². The molecule has 0 amide bonds. The van der Waals surface area contributed by atoms with Gasteiger partial charge in [0.15, 0.2) is 10.1 Å². The van der Waals surface area contributed by atoms with E-state index in [9.17, 15) is 27.9 Å². The molecule has 0 rings (SSSR count). The van der Waals surface area contributed by atoms with Crippen LogP contribution in [-0.2, 0) is 19.6 Å². The van der Waals surface area contributed by atoms with Crippen molar-refractivity contribution < 1.29 is 27.4 Å². The third-order valence-corrected chi connectivity index (χ3v) is 1.78. The van der Waals surface area contributed by atoms with Crippen LogP contribution in [0.15, 0.2) is 0 Å². The second kappa shape index (κ2) is 3.45. The molecule has 0 fully saturated rings. The molecule has 0 aliphatic carbocycles. The molecular formula is C3H4NO7S-. The number of hydrogen-bond acceptors (Lipinski definition) is 7. The number of nitrogens with zero attached hydrogens (tertiary/aromatic N) is 1. The topological polar surface area (TPSA) is 127 Å². The van der Waals surface area contributed by atoms with Gasteiger partial charge >= 0.3 is 11.3 Å². The van der Waals surface area contributed by atoms with Crippen LogP contribution in [-0.4, -0.2) is 36.3 Å². The van der Waals surface area contributed by atoms with Crippen molar-refractivity contribution in [2.24, 2.45) is 0 Å². The summed E-state index contributed by atoms with van der Waals surface area (Å²) in [6, 6.07) is 0. The van der Waals surface area contributed by atoms with Crippen molar-refractivity contribution in [1.82, 2.24) is 0 Å². The molecule has 0 aliphatic heterocycles. The molecule has 9 heteroatoms. The first-order valence-electron chi connectivity index (χ1n) is 2.46. The second-order valence-corrected chi connectivity index (χ2v) is 3.09. The number of ether oxygens (including phenoxy) is 1. The van der Waals surface area contributed by atoms with Crippen molar-refractivity contribution in [2.45, 2.75) is 5.37 Å². The zero-order valence-electron chi connectivity index (χ0n) is 5.79. The summed E-state index contributed by atoms with van der Waals surface area (Å²) in [4.78, 5) is 18.7. The van der Waals surface area contributed by atoms with Gasteiger partial charge in [0.2, 0.25) is 0 Å². The van der Waals surface area contributed by atoms with Crippen molar-refractivity contribution in [2.75, 3.05) is 7.11 Å². The fraction of sp³-hybridized carbons (Fsp3) is 0.667. The zero-order valence-corrected chi connectivity index (χ0v) is 6.61. The highest BCUT2D eigenvalue weighted by atomic mass is 32.2. The Kier molecular flexibility index (Phi) is 3.10. The number of esters is 1. The minimum atomic E-state index is -5.30. The van der Waals surface area contributed by atoms with Gasteiger partial charge in [0, 0.05) is 0 Å². The minimum absolute atomic E-state index is 0.740. The normalized spacial score (nSPS) is 13.5.